The number of fused-ring (bicyclic) bond motifs is 1. The molecule has 1 N–H and O–H groups in total. The zero-order valence-corrected chi connectivity index (χ0v) is 15.3. The van der Waals surface area contributed by atoms with Gasteiger partial charge in [0.05, 0.1) is 0 Å². The number of nitrogens with zero attached hydrogens (tertiary/aromatic N) is 1. The van der Waals surface area contributed by atoms with Crippen molar-refractivity contribution in [2.24, 2.45) is 0 Å². The zero-order valence-electron chi connectivity index (χ0n) is 15.3. The van der Waals surface area contributed by atoms with Crippen LogP contribution in [0.4, 0.5) is 14.5 Å². The number of alkyl halides is 2. The SMILES string of the molecule is Cc1nc(C(=O)Nc2ccc(-c3cc4c(cc3C)OC(F)(F)O4)cc2)c(C)o1. The minimum atomic E-state index is -3.65. The fourth-order valence-corrected chi connectivity index (χ4v) is 3.07. The Morgan fingerprint density at radius 3 is 2.29 bits per heavy atom. The van der Waals surface area contributed by atoms with E-state index in [1.807, 2.05) is 0 Å². The van der Waals surface area contributed by atoms with Crippen molar-refractivity contribution in [3.8, 4) is 22.6 Å². The molecule has 0 aliphatic carbocycles. The van der Waals surface area contributed by atoms with Gasteiger partial charge in [-0.2, -0.15) is 0 Å². The first-order valence-electron chi connectivity index (χ1n) is 8.48. The summed E-state index contributed by atoms with van der Waals surface area (Å²) in [5.41, 5.74) is 3.06. The van der Waals surface area contributed by atoms with Crippen LogP contribution in [0.15, 0.2) is 40.8 Å². The number of benzene rings is 2. The lowest BCUT2D eigenvalue weighted by molar-refractivity contribution is -0.286. The van der Waals surface area contributed by atoms with Crippen LogP contribution in [0.1, 0.15) is 27.7 Å². The van der Waals surface area contributed by atoms with Gasteiger partial charge in [0, 0.05) is 12.6 Å². The summed E-state index contributed by atoms with van der Waals surface area (Å²) in [4.78, 5) is 16.4. The first kappa shape index (κ1) is 18.0. The number of carbonyl (C=O) groups is 1. The largest absolute Gasteiger partial charge is 0.586 e. The summed E-state index contributed by atoms with van der Waals surface area (Å²) >= 11 is 0. The summed E-state index contributed by atoms with van der Waals surface area (Å²) in [7, 11) is 0. The van der Waals surface area contributed by atoms with Crippen LogP contribution >= 0.6 is 0 Å². The number of anilines is 1. The number of nitrogens with one attached hydrogen (secondary N) is 1. The van der Waals surface area contributed by atoms with Crippen molar-refractivity contribution in [1.82, 2.24) is 4.98 Å². The number of hydrogen-bond acceptors (Lipinski definition) is 5. The molecule has 3 aromatic rings. The van der Waals surface area contributed by atoms with E-state index in [1.165, 1.54) is 12.1 Å². The van der Waals surface area contributed by atoms with Gasteiger partial charge in [0.1, 0.15) is 5.76 Å². The zero-order chi connectivity index (χ0) is 20.1. The van der Waals surface area contributed by atoms with Crippen molar-refractivity contribution >= 4 is 11.6 Å². The molecule has 8 heteroatoms. The molecule has 28 heavy (non-hydrogen) atoms. The van der Waals surface area contributed by atoms with E-state index in [9.17, 15) is 13.6 Å². The molecule has 1 aliphatic heterocycles. The number of carbonyl (C=O) groups excluding carboxylic acids is 1. The van der Waals surface area contributed by atoms with Gasteiger partial charge in [-0.15, -0.1) is 8.78 Å². The number of oxazole rings is 1. The second-order valence-electron chi connectivity index (χ2n) is 6.45. The Morgan fingerprint density at radius 1 is 1.04 bits per heavy atom. The highest BCUT2D eigenvalue weighted by molar-refractivity contribution is 6.03. The van der Waals surface area contributed by atoms with Crippen LogP contribution in [0.25, 0.3) is 11.1 Å². The van der Waals surface area contributed by atoms with Gasteiger partial charge in [0.25, 0.3) is 5.91 Å². The molecule has 0 saturated carbocycles. The molecule has 0 fully saturated rings. The molecule has 0 unspecified atom stereocenters. The monoisotopic (exact) mass is 386 g/mol. The predicted octanol–water partition coefficient (Wildman–Crippen LogP) is 4.84. The molecule has 6 nitrogen and oxygen atoms in total. The van der Waals surface area contributed by atoms with Crippen LogP contribution in [-0.4, -0.2) is 17.2 Å². The number of hydrogen-bond donors (Lipinski definition) is 1. The van der Waals surface area contributed by atoms with Gasteiger partial charge in [-0.25, -0.2) is 4.98 Å². The van der Waals surface area contributed by atoms with Gasteiger partial charge in [0.2, 0.25) is 0 Å². The summed E-state index contributed by atoms with van der Waals surface area (Å²) in [6.45, 7) is 5.13. The van der Waals surface area contributed by atoms with Crippen molar-refractivity contribution in [3.63, 3.8) is 0 Å². The number of aryl methyl sites for hydroxylation is 3. The second kappa shape index (κ2) is 6.33. The maximum Gasteiger partial charge on any atom is 0.586 e. The van der Waals surface area contributed by atoms with E-state index in [0.717, 1.165) is 16.7 Å². The fourth-order valence-electron chi connectivity index (χ4n) is 3.07. The summed E-state index contributed by atoms with van der Waals surface area (Å²) < 4.78 is 40.8. The average molecular weight is 386 g/mol. The third-order valence-electron chi connectivity index (χ3n) is 4.32. The number of aromatic nitrogens is 1. The minimum absolute atomic E-state index is 0.00779. The third-order valence-corrected chi connectivity index (χ3v) is 4.32. The molecular formula is C20H16F2N2O4. The molecule has 144 valence electrons. The normalized spacial score (nSPS) is 14.2. The Kier molecular flexibility index (Phi) is 4.06. The van der Waals surface area contributed by atoms with Crippen LogP contribution in [-0.2, 0) is 0 Å². The van der Waals surface area contributed by atoms with Crippen LogP contribution in [0, 0.1) is 20.8 Å². The molecule has 0 radical (unpaired) electrons. The first-order valence-corrected chi connectivity index (χ1v) is 8.48. The Labute approximate surface area is 159 Å². The molecule has 2 heterocycles. The van der Waals surface area contributed by atoms with Crippen LogP contribution < -0.4 is 14.8 Å². The second-order valence-corrected chi connectivity index (χ2v) is 6.45. The molecule has 0 spiro atoms. The Bertz CT molecular complexity index is 1070. The lowest BCUT2D eigenvalue weighted by Crippen LogP contribution is -2.25. The summed E-state index contributed by atoms with van der Waals surface area (Å²) in [5, 5.41) is 2.75. The Hall–Kier alpha value is -3.42. The number of ether oxygens (including phenoxy) is 2. The topological polar surface area (TPSA) is 73.6 Å². The molecular weight excluding hydrogens is 370 g/mol. The Balaban J connectivity index is 1.56. The highest BCUT2D eigenvalue weighted by Gasteiger charge is 2.43. The number of amides is 1. The molecule has 2 aromatic carbocycles. The highest BCUT2D eigenvalue weighted by Crippen LogP contribution is 2.44. The molecule has 1 aliphatic rings. The standard InChI is InChI=1S/C20H16F2N2O4/c1-10-8-16-17(28-20(21,22)27-16)9-15(10)13-4-6-14(7-5-13)24-19(25)18-11(2)26-12(3)23-18/h4-9H,1-3H3,(H,24,25). The van der Waals surface area contributed by atoms with E-state index in [0.29, 0.717) is 17.3 Å². The average Bonchev–Trinajstić information content (AvgIpc) is 3.11. The van der Waals surface area contributed by atoms with Gasteiger partial charge in [0.15, 0.2) is 23.1 Å². The smallest absolute Gasteiger partial charge is 0.445 e. The first-order chi connectivity index (χ1) is 13.2. The van der Waals surface area contributed by atoms with Crippen LogP contribution in [0.2, 0.25) is 0 Å². The summed E-state index contributed by atoms with van der Waals surface area (Å²) in [5.74, 6) is 0.484. The third kappa shape index (κ3) is 3.28. The fraction of sp³-hybridized carbons (Fsp3) is 0.200. The highest BCUT2D eigenvalue weighted by atomic mass is 19.3. The van der Waals surface area contributed by atoms with Crippen molar-refractivity contribution in [1.29, 1.82) is 0 Å². The quantitative estimate of drug-likeness (QED) is 0.697. The van der Waals surface area contributed by atoms with E-state index in [2.05, 4.69) is 19.8 Å². The van der Waals surface area contributed by atoms with Crippen LogP contribution in [0.3, 0.4) is 0 Å². The molecule has 1 amide bonds. The van der Waals surface area contributed by atoms with Gasteiger partial charge in [-0.05, 0) is 54.8 Å². The molecule has 4 rings (SSSR count). The van der Waals surface area contributed by atoms with E-state index >= 15 is 0 Å². The Morgan fingerprint density at radius 2 is 1.68 bits per heavy atom. The predicted molar refractivity (Wildman–Crippen MR) is 96.7 cm³/mol. The number of rotatable bonds is 3. The van der Waals surface area contributed by atoms with Crippen molar-refractivity contribution < 1.29 is 27.5 Å². The maximum absolute atomic E-state index is 13.3. The van der Waals surface area contributed by atoms with Gasteiger partial charge in [-0.1, -0.05) is 12.1 Å². The van der Waals surface area contributed by atoms with Gasteiger partial charge < -0.3 is 19.2 Å². The van der Waals surface area contributed by atoms with Crippen molar-refractivity contribution in [3.05, 3.63) is 59.3 Å². The van der Waals surface area contributed by atoms with E-state index in [1.54, 1.807) is 45.0 Å². The van der Waals surface area contributed by atoms with Crippen molar-refractivity contribution in [2.45, 2.75) is 27.1 Å². The summed E-state index contributed by atoms with van der Waals surface area (Å²) in [6.07, 6.45) is -3.65. The molecule has 0 atom stereocenters. The van der Waals surface area contributed by atoms with E-state index in [-0.39, 0.29) is 23.1 Å². The van der Waals surface area contributed by atoms with Gasteiger partial charge >= 0.3 is 6.29 Å². The lowest BCUT2D eigenvalue weighted by Gasteiger charge is -2.09. The molecule has 1 aromatic heterocycles. The van der Waals surface area contributed by atoms with Gasteiger partial charge in [-0.3, -0.25) is 4.79 Å². The summed E-state index contributed by atoms with van der Waals surface area (Å²) in [6, 6.07) is 10.0. The van der Waals surface area contributed by atoms with Crippen LogP contribution in [0.5, 0.6) is 11.5 Å². The minimum Gasteiger partial charge on any atom is -0.445 e. The maximum atomic E-state index is 13.3. The molecule has 0 bridgehead atoms. The lowest BCUT2D eigenvalue weighted by atomic mass is 9.99. The molecule has 0 saturated heterocycles. The van der Waals surface area contributed by atoms with E-state index in [4.69, 9.17) is 4.42 Å². The van der Waals surface area contributed by atoms with E-state index < -0.39 is 6.29 Å². The van der Waals surface area contributed by atoms with Crippen molar-refractivity contribution in [2.75, 3.05) is 5.32 Å². The number of halogens is 2.